The summed E-state index contributed by atoms with van der Waals surface area (Å²) in [5, 5.41) is 3.60. The molecule has 2 saturated heterocycles. The van der Waals surface area contributed by atoms with Crippen LogP contribution in [0, 0.1) is 0 Å². The molecule has 2 amide bonds. The molecule has 2 fully saturated rings. The second kappa shape index (κ2) is 9.29. The van der Waals surface area contributed by atoms with Crippen molar-refractivity contribution >= 4 is 40.3 Å². The zero-order valence-electron chi connectivity index (χ0n) is 18.1. The molecule has 164 valence electrons. The second-order valence-electron chi connectivity index (χ2n) is 8.84. The van der Waals surface area contributed by atoms with Gasteiger partial charge in [0, 0.05) is 44.3 Å². The van der Waals surface area contributed by atoms with Crippen LogP contribution in [0.25, 0.3) is 0 Å². The Balaban J connectivity index is 1.61. The van der Waals surface area contributed by atoms with Crippen LogP contribution in [0.2, 0.25) is 0 Å². The van der Waals surface area contributed by atoms with Crippen molar-refractivity contribution in [2.75, 3.05) is 29.9 Å². The molecule has 2 aliphatic heterocycles. The maximum absolute atomic E-state index is 12.6. The van der Waals surface area contributed by atoms with Gasteiger partial charge in [0.15, 0.2) is 5.12 Å². The number of hydrogen-bond acceptors (Lipinski definition) is 6. The molecular weight excluding hydrogens is 402 g/mol. The molecule has 1 aromatic rings. The number of ether oxygens (including phenoxy) is 1. The van der Waals surface area contributed by atoms with E-state index in [1.165, 1.54) is 18.7 Å². The Morgan fingerprint density at radius 3 is 2.47 bits per heavy atom. The number of anilines is 2. The van der Waals surface area contributed by atoms with Crippen molar-refractivity contribution in [1.29, 1.82) is 0 Å². The van der Waals surface area contributed by atoms with Gasteiger partial charge in [-0.05, 0) is 45.7 Å². The van der Waals surface area contributed by atoms with Crippen molar-refractivity contribution in [2.45, 2.75) is 63.9 Å². The molecule has 0 radical (unpaired) electrons. The summed E-state index contributed by atoms with van der Waals surface area (Å²) in [5.74, 6) is 0.0442. The first kappa shape index (κ1) is 22.5. The van der Waals surface area contributed by atoms with Crippen molar-refractivity contribution in [3.8, 4) is 0 Å². The summed E-state index contributed by atoms with van der Waals surface area (Å²) in [6.45, 7) is 8.96. The minimum absolute atomic E-state index is 0.000114. The van der Waals surface area contributed by atoms with Crippen LogP contribution in [0.3, 0.4) is 0 Å². The number of hydrogen-bond donors (Lipinski definition) is 1. The number of likely N-dealkylation sites (tertiary alicyclic amines) is 1. The summed E-state index contributed by atoms with van der Waals surface area (Å²) in [6.07, 6.45) is 1.74. The number of carbonyl (C=O) groups excluding carboxylic acids is 3. The maximum Gasteiger partial charge on any atom is 0.410 e. The quantitative estimate of drug-likeness (QED) is 0.776. The molecule has 0 aromatic heterocycles. The summed E-state index contributed by atoms with van der Waals surface area (Å²) in [4.78, 5) is 39.8. The average molecular weight is 434 g/mol. The molecule has 1 N–H and O–H groups in total. The summed E-state index contributed by atoms with van der Waals surface area (Å²) < 4.78 is 5.46. The van der Waals surface area contributed by atoms with Gasteiger partial charge < -0.3 is 19.9 Å². The molecule has 0 aliphatic carbocycles. The standard InChI is InChI=1S/C22H31N3O4S/c1-15(26)30-17-13-20(27)25(14-17)19-8-6-5-7-18(19)23-16-9-11-24(12-10-16)21(28)29-22(2,3)4/h5-8,16-17,23H,9-14H2,1-4H3. The van der Waals surface area contributed by atoms with Gasteiger partial charge in [-0.1, -0.05) is 23.9 Å². The van der Waals surface area contributed by atoms with Gasteiger partial charge in [-0.2, -0.15) is 0 Å². The number of piperidine rings is 1. The van der Waals surface area contributed by atoms with Crippen LogP contribution in [0.5, 0.6) is 0 Å². The van der Waals surface area contributed by atoms with E-state index in [1.807, 2.05) is 45.0 Å². The Morgan fingerprint density at radius 1 is 1.17 bits per heavy atom. The number of benzene rings is 1. The normalized spacial score (nSPS) is 20.4. The monoisotopic (exact) mass is 433 g/mol. The zero-order chi connectivity index (χ0) is 21.9. The number of para-hydroxylation sites is 2. The highest BCUT2D eigenvalue weighted by Crippen LogP contribution is 2.34. The van der Waals surface area contributed by atoms with E-state index in [0.717, 1.165) is 24.2 Å². The molecule has 0 spiro atoms. The van der Waals surface area contributed by atoms with Gasteiger partial charge in [-0.25, -0.2) is 4.79 Å². The third-order valence-electron chi connectivity index (χ3n) is 5.12. The highest BCUT2D eigenvalue weighted by Gasteiger charge is 2.33. The number of nitrogens with zero attached hydrogens (tertiary/aromatic N) is 2. The van der Waals surface area contributed by atoms with Gasteiger partial charge in [0.1, 0.15) is 5.60 Å². The van der Waals surface area contributed by atoms with Crippen molar-refractivity contribution in [1.82, 2.24) is 4.90 Å². The number of amides is 2. The van der Waals surface area contributed by atoms with Gasteiger partial charge in [-0.3, -0.25) is 9.59 Å². The van der Waals surface area contributed by atoms with E-state index in [2.05, 4.69) is 5.32 Å². The summed E-state index contributed by atoms with van der Waals surface area (Å²) in [5.41, 5.74) is 1.27. The summed E-state index contributed by atoms with van der Waals surface area (Å²) >= 11 is 1.24. The zero-order valence-corrected chi connectivity index (χ0v) is 19.0. The molecular formula is C22H31N3O4S. The van der Waals surface area contributed by atoms with Crippen molar-refractivity contribution in [3.63, 3.8) is 0 Å². The molecule has 0 bridgehead atoms. The minimum atomic E-state index is -0.494. The fraction of sp³-hybridized carbons (Fsp3) is 0.591. The van der Waals surface area contributed by atoms with Crippen LogP contribution in [0.1, 0.15) is 47.0 Å². The lowest BCUT2D eigenvalue weighted by Crippen LogP contribution is -2.44. The van der Waals surface area contributed by atoms with Crippen LogP contribution in [0.15, 0.2) is 24.3 Å². The Bertz CT molecular complexity index is 800. The van der Waals surface area contributed by atoms with Gasteiger partial charge in [0.05, 0.1) is 11.4 Å². The van der Waals surface area contributed by atoms with Crippen molar-refractivity contribution < 1.29 is 19.1 Å². The second-order valence-corrected chi connectivity index (χ2v) is 10.3. The lowest BCUT2D eigenvalue weighted by atomic mass is 10.0. The van der Waals surface area contributed by atoms with Crippen molar-refractivity contribution in [2.24, 2.45) is 0 Å². The molecule has 8 heteroatoms. The van der Waals surface area contributed by atoms with E-state index in [4.69, 9.17) is 4.74 Å². The molecule has 1 aromatic carbocycles. The first-order valence-corrected chi connectivity index (χ1v) is 11.3. The topological polar surface area (TPSA) is 79.0 Å². The van der Waals surface area contributed by atoms with E-state index >= 15 is 0 Å². The number of carbonyl (C=O) groups is 3. The van der Waals surface area contributed by atoms with E-state index in [1.54, 1.807) is 9.80 Å². The van der Waals surface area contributed by atoms with Gasteiger partial charge in [0.2, 0.25) is 5.91 Å². The first-order chi connectivity index (χ1) is 14.1. The van der Waals surface area contributed by atoms with Gasteiger partial charge in [-0.15, -0.1) is 0 Å². The Hall–Kier alpha value is -2.22. The van der Waals surface area contributed by atoms with Crippen LogP contribution in [-0.2, 0) is 14.3 Å². The molecule has 0 saturated carbocycles. The van der Waals surface area contributed by atoms with E-state index in [0.29, 0.717) is 26.1 Å². The summed E-state index contributed by atoms with van der Waals surface area (Å²) in [6, 6.07) is 8.00. The van der Waals surface area contributed by atoms with Crippen LogP contribution in [-0.4, -0.2) is 58.5 Å². The van der Waals surface area contributed by atoms with Crippen LogP contribution < -0.4 is 10.2 Å². The fourth-order valence-corrected chi connectivity index (χ4v) is 4.72. The van der Waals surface area contributed by atoms with E-state index in [9.17, 15) is 14.4 Å². The number of nitrogens with one attached hydrogen (secondary N) is 1. The molecule has 2 aliphatic rings. The molecule has 7 nitrogen and oxygen atoms in total. The predicted octanol–water partition coefficient (Wildman–Crippen LogP) is 3.88. The Morgan fingerprint density at radius 2 is 1.83 bits per heavy atom. The van der Waals surface area contributed by atoms with Crippen LogP contribution >= 0.6 is 11.8 Å². The smallest absolute Gasteiger partial charge is 0.410 e. The number of rotatable bonds is 4. The lowest BCUT2D eigenvalue weighted by molar-refractivity contribution is -0.117. The SMILES string of the molecule is CC(=O)SC1CC(=O)N(c2ccccc2NC2CCN(C(=O)OC(C)(C)C)CC2)C1. The van der Waals surface area contributed by atoms with E-state index < -0.39 is 5.60 Å². The Kier molecular flexibility index (Phi) is 6.95. The van der Waals surface area contributed by atoms with E-state index in [-0.39, 0.29) is 28.4 Å². The molecule has 3 rings (SSSR count). The molecule has 2 heterocycles. The minimum Gasteiger partial charge on any atom is -0.444 e. The molecule has 1 atom stereocenters. The van der Waals surface area contributed by atoms with Gasteiger partial charge >= 0.3 is 6.09 Å². The maximum atomic E-state index is 12.6. The third kappa shape index (κ3) is 5.90. The highest BCUT2D eigenvalue weighted by molar-refractivity contribution is 8.14. The van der Waals surface area contributed by atoms with Crippen LogP contribution in [0.4, 0.5) is 16.2 Å². The lowest BCUT2D eigenvalue weighted by Gasteiger charge is -2.34. The van der Waals surface area contributed by atoms with Crippen molar-refractivity contribution in [3.05, 3.63) is 24.3 Å². The predicted molar refractivity (Wildman–Crippen MR) is 120 cm³/mol. The van der Waals surface area contributed by atoms with Gasteiger partial charge in [0.25, 0.3) is 0 Å². The average Bonchev–Trinajstić information content (AvgIpc) is 3.00. The summed E-state index contributed by atoms with van der Waals surface area (Å²) in [7, 11) is 0. The highest BCUT2D eigenvalue weighted by atomic mass is 32.2. The largest absolute Gasteiger partial charge is 0.444 e. The molecule has 1 unspecified atom stereocenters. The fourth-order valence-electron chi connectivity index (χ4n) is 3.81. The Labute approximate surface area is 182 Å². The first-order valence-electron chi connectivity index (χ1n) is 10.4. The molecule has 30 heavy (non-hydrogen) atoms. The third-order valence-corrected chi connectivity index (χ3v) is 6.10. The number of thioether (sulfide) groups is 1.